The molecule has 466 valence electrons. The standard InChI is InChI=1S/C75H130O6/c1-4-7-10-13-16-19-22-25-28-30-32-34-35-36-37-38-39-41-42-44-47-50-53-56-59-62-65-68-74(77)80-71-72(70-79-73(76)67-64-61-58-55-52-49-46-27-24-21-18-15-12-9-6-3)81-75(78)69-66-63-60-57-54-51-48-45-43-40-33-31-29-26-23-20-17-14-11-8-5-2/h7,9-10,12,16,18-19,21,25,27-28,32,34,36-37,46,72H,4-6,8,11,13-15,17,20,22-24,26,29-31,33,35,38-45,47-71H2,1-3H3/b10-7-,12-9-,19-16-,21-18-,28-25-,34-32-,37-36-,46-27-. The molecular weight excluding hydrogens is 997 g/mol. The van der Waals surface area contributed by atoms with Gasteiger partial charge in [-0.15, -0.1) is 0 Å². The predicted octanol–water partition coefficient (Wildman–Crippen LogP) is 24.0. The highest BCUT2D eigenvalue weighted by molar-refractivity contribution is 5.71. The Morgan fingerprint density at radius 1 is 0.259 bits per heavy atom. The molecule has 0 saturated carbocycles. The number of carbonyl (C=O) groups is 3. The number of rotatable bonds is 63. The van der Waals surface area contributed by atoms with E-state index in [-0.39, 0.29) is 31.1 Å². The number of esters is 3. The molecule has 0 rings (SSSR count). The third-order valence-electron chi connectivity index (χ3n) is 15.1. The SMILES string of the molecule is CC/C=C\C/C=C\C/C=C\C/C=C\C/C=C\CCCCCCCCCCCCCC(=O)OCC(COC(=O)CCCCCCC/C=C\C/C=C\C/C=C\CC)OC(=O)CCCCCCCCCCCCCCCCCCCCCCC. The van der Waals surface area contributed by atoms with Crippen molar-refractivity contribution < 1.29 is 28.6 Å². The molecule has 0 spiro atoms. The Morgan fingerprint density at radius 2 is 0.481 bits per heavy atom. The minimum atomic E-state index is -0.786. The molecule has 81 heavy (non-hydrogen) atoms. The van der Waals surface area contributed by atoms with Gasteiger partial charge in [-0.1, -0.05) is 323 Å². The summed E-state index contributed by atoms with van der Waals surface area (Å²) in [5.41, 5.74) is 0. The molecule has 0 aliphatic rings. The van der Waals surface area contributed by atoms with Gasteiger partial charge in [0.2, 0.25) is 0 Å². The van der Waals surface area contributed by atoms with Crippen molar-refractivity contribution in [1.82, 2.24) is 0 Å². The Kier molecular flexibility index (Phi) is 65.7. The van der Waals surface area contributed by atoms with Gasteiger partial charge in [0.05, 0.1) is 0 Å². The summed E-state index contributed by atoms with van der Waals surface area (Å²) < 4.78 is 17.0. The molecule has 0 amide bonds. The highest BCUT2D eigenvalue weighted by Crippen LogP contribution is 2.18. The number of hydrogen-bond donors (Lipinski definition) is 0. The first-order valence-electron chi connectivity index (χ1n) is 34.7. The second-order valence-electron chi connectivity index (χ2n) is 23.0. The zero-order valence-corrected chi connectivity index (χ0v) is 53.5. The molecule has 0 N–H and O–H groups in total. The minimum absolute atomic E-state index is 0.0818. The van der Waals surface area contributed by atoms with Crippen LogP contribution in [0, 0.1) is 0 Å². The van der Waals surface area contributed by atoms with Gasteiger partial charge in [0.25, 0.3) is 0 Å². The van der Waals surface area contributed by atoms with Gasteiger partial charge < -0.3 is 14.2 Å². The van der Waals surface area contributed by atoms with Crippen LogP contribution in [0.4, 0.5) is 0 Å². The Bertz CT molecular complexity index is 1580. The maximum absolute atomic E-state index is 13.0. The van der Waals surface area contributed by atoms with Crippen LogP contribution in [0.2, 0.25) is 0 Å². The monoisotopic (exact) mass is 1130 g/mol. The van der Waals surface area contributed by atoms with Crippen molar-refractivity contribution in [3.05, 3.63) is 97.2 Å². The van der Waals surface area contributed by atoms with Gasteiger partial charge in [-0.3, -0.25) is 14.4 Å². The van der Waals surface area contributed by atoms with E-state index in [4.69, 9.17) is 14.2 Å². The summed E-state index contributed by atoms with van der Waals surface area (Å²) in [6.07, 6.45) is 92.9. The van der Waals surface area contributed by atoms with Crippen molar-refractivity contribution in [3.63, 3.8) is 0 Å². The predicted molar refractivity (Wildman–Crippen MR) is 353 cm³/mol. The molecule has 0 aromatic rings. The van der Waals surface area contributed by atoms with Crippen LogP contribution in [0.1, 0.15) is 342 Å². The zero-order chi connectivity index (χ0) is 58.5. The van der Waals surface area contributed by atoms with Gasteiger partial charge in [0, 0.05) is 19.3 Å². The number of carbonyl (C=O) groups excluding carboxylic acids is 3. The molecule has 1 atom stereocenters. The minimum Gasteiger partial charge on any atom is -0.462 e. The van der Waals surface area contributed by atoms with Crippen LogP contribution in [0.25, 0.3) is 0 Å². The lowest BCUT2D eigenvalue weighted by Crippen LogP contribution is -2.30. The molecule has 6 nitrogen and oxygen atoms in total. The van der Waals surface area contributed by atoms with Crippen LogP contribution >= 0.6 is 0 Å². The van der Waals surface area contributed by atoms with Crippen LogP contribution < -0.4 is 0 Å². The lowest BCUT2D eigenvalue weighted by molar-refractivity contribution is -0.167. The van der Waals surface area contributed by atoms with Gasteiger partial charge >= 0.3 is 17.9 Å². The van der Waals surface area contributed by atoms with E-state index in [1.807, 2.05) is 0 Å². The van der Waals surface area contributed by atoms with Crippen molar-refractivity contribution in [2.75, 3.05) is 13.2 Å². The number of unbranched alkanes of at least 4 members (excludes halogenated alkanes) is 36. The van der Waals surface area contributed by atoms with Crippen LogP contribution in [0.5, 0.6) is 0 Å². The van der Waals surface area contributed by atoms with E-state index in [0.29, 0.717) is 19.3 Å². The molecule has 0 radical (unpaired) electrons. The fourth-order valence-electron chi connectivity index (χ4n) is 9.96. The highest BCUT2D eigenvalue weighted by atomic mass is 16.6. The molecule has 0 bridgehead atoms. The van der Waals surface area contributed by atoms with Crippen molar-refractivity contribution in [1.29, 1.82) is 0 Å². The molecular formula is C75H130O6. The summed E-state index contributed by atoms with van der Waals surface area (Å²) in [5, 5.41) is 0. The van der Waals surface area contributed by atoms with Crippen LogP contribution in [-0.4, -0.2) is 37.2 Å². The van der Waals surface area contributed by atoms with Crippen molar-refractivity contribution in [3.8, 4) is 0 Å². The van der Waals surface area contributed by atoms with E-state index in [1.54, 1.807) is 0 Å². The molecule has 0 aliphatic carbocycles. The topological polar surface area (TPSA) is 78.9 Å². The van der Waals surface area contributed by atoms with E-state index >= 15 is 0 Å². The maximum atomic E-state index is 13.0. The lowest BCUT2D eigenvalue weighted by atomic mass is 10.0. The van der Waals surface area contributed by atoms with Crippen molar-refractivity contribution in [2.24, 2.45) is 0 Å². The van der Waals surface area contributed by atoms with Gasteiger partial charge in [0.15, 0.2) is 6.10 Å². The smallest absolute Gasteiger partial charge is 0.306 e. The van der Waals surface area contributed by atoms with Crippen molar-refractivity contribution >= 4 is 17.9 Å². The van der Waals surface area contributed by atoms with Crippen LogP contribution in [0.15, 0.2) is 97.2 Å². The number of ether oxygens (including phenoxy) is 3. The van der Waals surface area contributed by atoms with Crippen LogP contribution in [-0.2, 0) is 28.6 Å². The third-order valence-corrected chi connectivity index (χ3v) is 15.1. The van der Waals surface area contributed by atoms with E-state index in [1.165, 1.54) is 173 Å². The Balaban J connectivity index is 4.32. The first kappa shape index (κ1) is 77.3. The molecule has 0 heterocycles. The maximum Gasteiger partial charge on any atom is 0.306 e. The largest absolute Gasteiger partial charge is 0.462 e. The highest BCUT2D eigenvalue weighted by Gasteiger charge is 2.19. The third kappa shape index (κ3) is 67.0. The average molecular weight is 1130 g/mol. The summed E-state index contributed by atoms with van der Waals surface area (Å²) >= 11 is 0. The van der Waals surface area contributed by atoms with Gasteiger partial charge in [-0.25, -0.2) is 0 Å². The van der Waals surface area contributed by atoms with E-state index in [2.05, 4.69) is 118 Å². The number of hydrogen-bond acceptors (Lipinski definition) is 6. The quantitative estimate of drug-likeness (QED) is 0.0261. The summed E-state index contributed by atoms with van der Waals surface area (Å²) in [5.74, 6) is -0.884. The Hall–Kier alpha value is -3.67. The van der Waals surface area contributed by atoms with Gasteiger partial charge in [-0.05, 0) is 96.3 Å². The molecule has 6 heteroatoms. The van der Waals surface area contributed by atoms with Gasteiger partial charge in [-0.2, -0.15) is 0 Å². The normalized spacial score (nSPS) is 12.7. The Labute approximate surface area is 502 Å². The summed E-state index contributed by atoms with van der Waals surface area (Å²) in [4.78, 5) is 38.4. The van der Waals surface area contributed by atoms with E-state index in [9.17, 15) is 14.4 Å². The average Bonchev–Trinajstić information content (AvgIpc) is 3.47. The fraction of sp³-hybridized carbons (Fsp3) is 0.747. The molecule has 1 unspecified atom stereocenters. The molecule has 0 aliphatic heterocycles. The molecule has 0 aromatic heterocycles. The first-order valence-corrected chi connectivity index (χ1v) is 34.7. The first-order chi connectivity index (χ1) is 40.0. The number of allylic oxidation sites excluding steroid dienone is 16. The Morgan fingerprint density at radius 3 is 0.753 bits per heavy atom. The second kappa shape index (κ2) is 68.8. The summed E-state index contributed by atoms with van der Waals surface area (Å²) in [6, 6.07) is 0. The van der Waals surface area contributed by atoms with Crippen molar-refractivity contribution in [2.45, 2.75) is 348 Å². The lowest BCUT2D eigenvalue weighted by Gasteiger charge is -2.18. The van der Waals surface area contributed by atoms with E-state index in [0.717, 1.165) is 128 Å². The molecule has 0 saturated heterocycles. The molecule has 0 aromatic carbocycles. The van der Waals surface area contributed by atoms with Gasteiger partial charge in [0.1, 0.15) is 13.2 Å². The molecule has 0 fully saturated rings. The summed E-state index contributed by atoms with van der Waals surface area (Å²) in [7, 11) is 0. The second-order valence-corrected chi connectivity index (χ2v) is 23.0. The zero-order valence-electron chi connectivity index (χ0n) is 53.5. The fourth-order valence-corrected chi connectivity index (χ4v) is 9.96. The van der Waals surface area contributed by atoms with E-state index < -0.39 is 6.10 Å². The summed E-state index contributed by atoms with van der Waals surface area (Å²) in [6.45, 7) is 6.45. The van der Waals surface area contributed by atoms with Crippen LogP contribution in [0.3, 0.4) is 0 Å².